The standard InChI is InChI=1S/C20H18N2O3/c1-14(23)22-13-12-17-19(18(22)15-8-4-2-5-9-15)25-21-20(24-17)16-10-6-3-7-11-16/h2-13,17-19H,1H3. The minimum atomic E-state index is -0.399. The summed E-state index contributed by atoms with van der Waals surface area (Å²) < 4.78 is 6.06. The molecule has 0 saturated heterocycles. The number of ether oxygens (including phenoxy) is 1. The van der Waals surface area contributed by atoms with Crippen molar-refractivity contribution in [2.24, 2.45) is 5.16 Å². The van der Waals surface area contributed by atoms with E-state index in [0.717, 1.165) is 11.1 Å². The van der Waals surface area contributed by atoms with Crippen LogP contribution in [-0.4, -0.2) is 28.9 Å². The smallest absolute Gasteiger partial charge is 0.258 e. The summed E-state index contributed by atoms with van der Waals surface area (Å²) in [6.07, 6.45) is 2.92. The summed E-state index contributed by atoms with van der Waals surface area (Å²) in [6.45, 7) is 1.54. The average molecular weight is 334 g/mol. The molecule has 2 aromatic carbocycles. The van der Waals surface area contributed by atoms with E-state index in [1.165, 1.54) is 0 Å². The van der Waals surface area contributed by atoms with Crippen LogP contribution in [-0.2, 0) is 14.4 Å². The van der Waals surface area contributed by atoms with Crippen molar-refractivity contribution in [2.75, 3.05) is 0 Å². The summed E-state index contributed by atoms with van der Waals surface area (Å²) in [6, 6.07) is 19.2. The van der Waals surface area contributed by atoms with Gasteiger partial charge in [-0.2, -0.15) is 0 Å². The number of benzene rings is 2. The van der Waals surface area contributed by atoms with E-state index in [9.17, 15) is 4.79 Å². The second kappa shape index (κ2) is 6.43. The zero-order valence-corrected chi connectivity index (χ0v) is 13.8. The van der Waals surface area contributed by atoms with Gasteiger partial charge in [-0.15, -0.1) is 0 Å². The lowest BCUT2D eigenvalue weighted by Crippen LogP contribution is -2.49. The van der Waals surface area contributed by atoms with Crippen LogP contribution in [0, 0.1) is 0 Å². The number of rotatable bonds is 2. The normalized spacial score (nSPS) is 24.6. The highest BCUT2D eigenvalue weighted by Gasteiger charge is 2.43. The predicted molar refractivity (Wildman–Crippen MR) is 93.6 cm³/mol. The molecule has 2 aromatic rings. The molecule has 5 nitrogen and oxygen atoms in total. The number of carbonyl (C=O) groups is 1. The van der Waals surface area contributed by atoms with Gasteiger partial charge in [-0.3, -0.25) is 4.79 Å². The van der Waals surface area contributed by atoms with Crippen LogP contribution >= 0.6 is 0 Å². The fourth-order valence-electron chi connectivity index (χ4n) is 3.20. The Kier molecular flexibility index (Phi) is 3.98. The Balaban J connectivity index is 1.68. The third-order valence-corrected chi connectivity index (χ3v) is 4.40. The zero-order chi connectivity index (χ0) is 17.2. The minimum Gasteiger partial charge on any atom is -0.463 e. The average Bonchev–Trinajstić information content (AvgIpc) is 2.68. The van der Waals surface area contributed by atoms with Crippen LogP contribution in [0.3, 0.4) is 0 Å². The van der Waals surface area contributed by atoms with Crippen molar-refractivity contribution in [3.63, 3.8) is 0 Å². The molecule has 1 amide bonds. The van der Waals surface area contributed by atoms with Crippen molar-refractivity contribution in [2.45, 2.75) is 25.2 Å². The molecule has 4 rings (SSSR count). The molecule has 5 heteroatoms. The molecule has 2 aliphatic heterocycles. The molecular formula is C20H18N2O3. The van der Waals surface area contributed by atoms with Gasteiger partial charge in [0.05, 0.1) is 0 Å². The van der Waals surface area contributed by atoms with Gasteiger partial charge in [-0.1, -0.05) is 48.5 Å². The molecule has 126 valence electrons. The van der Waals surface area contributed by atoms with Crippen molar-refractivity contribution in [3.05, 3.63) is 84.1 Å². The summed E-state index contributed by atoms with van der Waals surface area (Å²) in [4.78, 5) is 19.6. The van der Waals surface area contributed by atoms with Gasteiger partial charge in [0, 0.05) is 18.7 Å². The van der Waals surface area contributed by atoms with Crippen LogP contribution in [0.4, 0.5) is 0 Å². The molecule has 25 heavy (non-hydrogen) atoms. The number of oxime groups is 1. The van der Waals surface area contributed by atoms with Crippen LogP contribution < -0.4 is 0 Å². The molecule has 0 aromatic heterocycles. The van der Waals surface area contributed by atoms with Gasteiger partial charge in [0.1, 0.15) is 6.04 Å². The van der Waals surface area contributed by atoms with Crippen LogP contribution in [0.1, 0.15) is 24.1 Å². The van der Waals surface area contributed by atoms with Gasteiger partial charge in [-0.05, 0) is 28.9 Å². The number of carbonyl (C=O) groups excluding carboxylic acids is 1. The monoisotopic (exact) mass is 334 g/mol. The first-order valence-corrected chi connectivity index (χ1v) is 8.22. The SMILES string of the molecule is CC(=O)N1C=CC2OC(c3ccccc3)=NOC2C1c1ccccc1. The zero-order valence-electron chi connectivity index (χ0n) is 13.8. The van der Waals surface area contributed by atoms with E-state index < -0.39 is 6.10 Å². The van der Waals surface area contributed by atoms with Crippen molar-refractivity contribution in [3.8, 4) is 0 Å². The highest BCUT2D eigenvalue weighted by Crippen LogP contribution is 2.36. The second-order valence-corrected chi connectivity index (χ2v) is 6.04. The van der Waals surface area contributed by atoms with Crippen molar-refractivity contribution in [1.82, 2.24) is 4.90 Å². The summed E-state index contributed by atoms with van der Waals surface area (Å²) in [5.74, 6) is 0.402. The van der Waals surface area contributed by atoms with Crippen LogP contribution in [0.15, 0.2) is 78.1 Å². The highest BCUT2D eigenvalue weighted by atomic mass is 16.7. The van der Waals surface area contributed by atoms with Gasteiger partial charge < -0.3 is 14.5 Å². The Bertz CT molecular complexity index is 817. The summed E-state index contributed by atoms with van der Waals surface area (Å²) in [7, 11) is 0. The first kappa shape index (κ1) is 15.4. The minimum absolute atomic E-state index is 0.0509. The quantitative estimate of drug-likeness (QED) is 0.847. The molecule has 2 aliphatic rings. The van der Waals surface area contributed by atoms with E-state index in [4.69, 9.17) is 9.57 Å². The topological polar surface area (TPSA) is 51.1 Å². The molecule has 0 aliphatic carbocycles. The Morgan fingerprint density at radius 1 is 1.04 bits per heavy atom. The van der Waals surface area contributed by atoms with E-state index in [1.807, 2.05) is 66.7 Å². The largest absolute Gasteiger partial charge is 0.463 e. The van der Waals surface area contributed by atoms with Gasteiger partial charge in [-0.25, -0.2) is 0 Å². The molecule has 0 spiro atoms. The van der Waals surface area contributed by atoms with Crippen molar-refractivity contribution < 1.29 is 14.4 Å². The Morgan fingerprint density at radius 2 is 1.72 bits per heavy atom. The lowest BCUT2D eigenvalue weighted by Gasteiger charge is -2.41. The molecule has 2 heterocycles. The third kappa shape index (κ3) is 2.89. The molecular weight excluding hydrogens is 316 g/mol. The fourth-order valence-corrected chi connectivity index (χ4v) is 3.20. The van der Waals surface area contributed by atoms with E-state index >= 15 is 0 Å². The van der Waals surface area contributed by atoms with Crippen molar-refractivity contribution in [1.29, 1.82) is 0 Å². The molecule has 0 fully saturated rings. The summed E-state index contributed by atoms with van der Waals surface area (Å²) >= 11 is 0. The maximum Gasteiger partial charge on any atom is 0.258 e. The Labute approximate surface area is 146 Å². The molecule has 3 atom stereocenters. The highest BCUT2D eigenvalue weighted by molar-refractivity contribution is 5.94. The first-order chi connectivity index (χ1) is 12.2. The van der Waals surface area contributed by atoms with E-state index in [0.29, 0.717) is 5.90 Å². The van der Waals surface area contributed by atoms with Crippen LogP contribution in [0.25, 0.3) is 0 Å². The molecule has 0 radical (unpaired) electrons. The molecule has 0 N–H and O–H groups in total. The summed E-state index contributed by atoms with van der Waals surface area (Å²) in [5, 5.41) is 4.18. The second-order valence-electron chi connectivity index (χ2n) is 6.04. The Morgan fingerprint density at radius 3 is 2.40 bits per heavy atom. The molecule has 3 unspecified atom stereocenters. The summed E-state index contributed by atoms with van der Waals surface area (Å²) in [5.41, 5.74) is 1.85. The maximum atomic E-state index is 12.1. The first-order valence-electron chi connectivity index (χ1n) is 8.22. The van der Waals surface area contributed by atoms with Crippen molar-refractivity contribution >= 4 is 11.8 Å². The van der Waals surface area contributed by atoms with E-state index in [-0.39, 0.29) is 18.1 Å². The van der Waals surface area contributed by atoms with Gasteiger partial charge in [0.15, 0.2) is 12.2 Å². The van der Waals surface area contributed by atoms with Gasteiger partial charge >= 0.3 is 0 Å². The van der Waals surface area contributed by atoms with Crippen LogP contribution in [0.2, 0.25) is 0 Å². The number of hydrogen-bond acceptors (Lipinski definition) is 4. The maximum absolute atomic E-state index is 12.1. The number of nitrogens with zero attached hydrogens (tertiary/aromatic N) is 2. The lowest BCUT2D eigenvalue weighted by molar-refractivity contribution is -0.138. The van der Waals surface area contributed by atoms with Crippen LogP contribution in [0.5, 0.6) is 0 Å². The molecule has 0 bridgehead atoms. The number of fused-ring (bicyclic) bond motifs is 1. The fraction of sp³-hybridized carbons (Fsp3) is 0.200. The molecule has 0 saturated carbocycles. The van der Waals surface area contributed by atoms with Gasteiger partial charge in [0.25, 0.3) is 5.90 Å². The van der Waals surface area contributed by atoms with E-state index in [2.05, 4.69) is 5.16 Å². The number of hydrogen-bond donors (Lipinski definition) is 0. The lowest BCUT2D eigenvalue weighted by atomic mass is 9.93. The predicted octanol–water partition coefficient (Wildman–Crippen LogP) is 3.25. The van der Waals surface area contributed by atoms with E-state index in [1.54, 1.807) is 18.0 Å². The Hall–Kier alpha value is -3.08. The third-order valence-electron chi connectivity index (χ3n) is 4.40. The number of amides is 1. The van der Waals surface area contributed by atoms with Gasteiger partial charge in [0.2, 0.25) is 5.91 Å².